The molecule has 0 aliphatic carbocycles. The number of likely N-dealkylation sites (tertiary alicyclic amines) is 1. The quantitative estimate of drug-likeness (QED) is 0.930. The number of furan rings is 1. The highest BCUT2D eigenvalue weighted by Gasteiger charge is 2.35. The van der Waals surface area contributed by atoms with Crippen molar-refractivity contribution < 1.29 is 14.3 Å². The average molecular weight is 273 g/mol. The summed E-state index contributed by atoms with van der Waals surface area (Å²) >= 11 is 0. The molecular weight excluding hydrogens is 254 g/mol. The lowest BCUT2D eigenvalue weighted by Gasteiger charge is -2.41. The first-order valence-electron chi connectivity index (χ1n) is 6.98. The van der Waals surface area contributed by atoms with Gasteiger partial charge in [0.15, 0.2) is 0 Å². The maximum absolute atomic E-state index is 11.0. The summed E-state index contributed by atoms with van der Waals surface area (Å²) in [5.74, 6) is 0.278. The summed E-state index contributed by atoms with van der Waals surface area (Å²) < 4.78 is 5.76. The summed E-state index contributed by atoms with van der Waals surface area (Å²) in [4.78, 5) is 13.2. The van der Waals surface area contributed by atoms with Crippen molar-refractivity contribution in [3.63, 3.8) is 0 Å². The Kier molecular flexibility index (Phi) is 3.26. The highest BCUT2D eigenvalue weighted by Crippen LogP contribution is 2.30. The number of carboxylic acids is 1. The molecule has 2 heterocycles. The number of benzene rings is 1. The van der Waals surface area contributed by atoms with Crippen LogP contribution in [0.5, 0.6) is 0 Å². The predicted molar refractivity (Wildman–Crippen MR) is 76.5 cm³/mol. The van der Waals surface area contributed by atoms with Crippen LogP contribution in [0.3, 0.4) is 0 Å². The van der Waals surface area contributed by atoms with Crippen LogP contribution < -0.4 is 0 Å². The van der Waals surface area contributed by atoms with E-state index in [0.717, 1.165) is 31.0 Å². The number of nitrogens with zero attached hydrogens (tertiary/aromatic N) is 1. The molecule has 0 saturated carbocycles. The molecule has 1 aliphatic rings. The van der Waals surface area contributed by atoms with E-state index in [4.69, 9.17) is 9.52 Å². The maximum atomic E-state index is 11.0. The molecule has 0 spiro atoms. The Bertz CT molecular complexity index is 640. The monoisotopic (exact) mass is 273 g/mol. The molecule has 1 atom stereocenters. The van der Waals surface area contributed by atoms with E-state index in [1.807, 2.05) is 25.1 Å². The molecule has 1 aromatic heterocycles. The van der Waals surface area contributed by atoms with Crippen LogP contribution in [0.25, 0.3) is 11.0 Å². The summed E-state index contributed by atoms with van der Waals surface area (Å²) in [6.07, 6.45) is 0. The molecule has 1 aliphatic heterocycles. The van der Waals surface area contributed by atoms with Crippen LogP contribution in [-0.4, -0.2) is 29.1 Å². The number of aliphatic carboxylic acids is 1. The van der Waals surface area contributed by atoms with Crippen molar-refractivity contribution in [2.75, 3.05) is 13.1 Å². The van der Waals surface area contributed by atoms with E-state index >= 15 is 0 Å². The van der Waals surface area contributed by atoms with Gasteiger partial charge in [0.05, 0.1) is 5.92 Å². The van der Waals surface area contributed by atoms with E-state index in [2.05, 4.69) is 11.0 Å². The number of carbonyl (C=O) groups is 1. The SMILES string of the molecule is Cc1oc2ccccc2c1CN1CC(C(C)C(=O)O)C1. The minimum atomic E-state index is -0.695. The zero-order chi connectivity index (χ0) is 14.3. The van der Waals surface area contributed by atoms with Gasteiger partial charge in [-0.2, -0.15) is 0 Å². The fourth-order valence-electron chi connectivity index (χ4n) is 2.90. The normalized spacial score (nSPS) is 18.1. The molecule has 2 aromatic rings. The number of rotatable bonds is 4. The Balaban J connectivity index is 1.70. The lowest BCUT2D eigenvalue weighted by Crippen LogP contribution is -2.50. The van der Waals surface area contributed by atoms with E-state index in [1.165, 1.54) is 10.9 Å². The Morgan fingerprint density at radius 1 is 1.45 bits per heavy atom. The van der Waals surface area contributed by atoms with Gasteiger partial charge in [-0.25, -0.2) is 0 Å². The highest BCUT2D eigenvalue weighted by molar-refractivity contribution is 5.82. The molecular formula is C16H19NO3. The van der Waals surface area contributed by atoms with Gasteiger partial charge in [0.25, 0.3) is 0 Å². The summed E-state index contributed by atoms with van der Waals surface area (Å²) in [7, 11) is 0. The Morgan fingerprint density at radius 2 is 2.15 bits per heavy atom. The van der Waals surface area contributed by atoms with E-state index in [-0.39, 0.29) is 11.8 Å². The van der Waals surface area contributed by atoms with E-state index in [9.17, 15) is 4.79 Å². The van der Waals surface area contributed by atoms with Gasteiger partial charge in [-0.3, -0.25) is 9.69 Å². The third kappa shape index (κ3) is 2.20. The minimum Gasteiger partial charge on any atom is -0.481 e. The molecule has 20 heavy (non-hydrogen) atoms. The number of hydrogen-bond donors (Lipinski definition) is 1. The Hall–Kier alpha value is -1.81. The van der Waals surface area contributed by atoms with Crippen molar-refractivity contribution in [3.8, 4) is 0 Å². The van der Waals surface area contributed by atoms with Crippen LogP contribution in [0, 0.1) is 18.8 Å². The number of aryl methyl sites for hydroxylation is 1. The van der Waals surface area contributed by atoms with Gasteiger partial charge >= 0.3 is 5.97 Å². The molecule has 106 valence electrons. The smallest absolute Gasteiger partial charge is 0.306 e. The topological polar surface area (TPSA) is 53.7 Å². The molecule has 0 bridgehead atoms. The second-order valence-corrected chi connectivity index (χ2v) is 5.71. The van der Waals surface area contributed by atoms with Crippen LogP contribution in [0.4, 0.5) is 0 Å². The Morgan fingerprint density at radius 3 is 2.85 bits per heavy atom. The van der Waals surface area contributed by atoms with Crippen molar-refractivity contribution >= 4 is 16.9 Å². The summed E-state index contributed by atoms with van der Waals surface area (Å²) in [6.45, 7) is 6.33. The van der Waals surface area contributed by atoms with Crippen molar-refractivity contribution in [2.24, 2.45) is 11.8 Å². The third-order valence-electron chi connectivity index (χ3n) is 4.36. The second kappa shape index (κ2) is 4.94. The van der Waals surface area contributed by atoms with Gasteiger partial charge < -0.3 is 9.52 Å². The van der Waals surface area contributed by atoms with Crippen LogP contribution >= 0.6 is 0 Å². The van der Waals surface area contributed by atoms with E-state index in [1.54, 1.807) is 6.92 Å². The molecule has 4 nitrogen and oxygen atoms in total. The number of carboxylic acid groups (broad SMARTS) is 1. The largest absolute Gasteiger partial charge is 0.481 e. The fraction of sp³-hybridized carbons (Fsp3) is 0.438. The first kappa shape index (κ1) is 13.2. The molecule has 3 rings (SSSR count). The average Bonchev–Trinajstić information content (AvgIpc) is 2.68. The summed E-state index contributed by atoms with van der Waals surface area (Å²) in [5, 5.41) is 10.2. The van der Waals surface area contributed by atoms with E-state index < -0.39 is 5.97 Å². The molecule has 4 heteroatoms. The predicted octanol–water partition coefficient (Wildman–Crippen LogP) is 2.89. The number of para-hydroxylation sites is 1. The van der Waals surface area contributed by atoms with Crippen molar-refractivity contribution in [3.05, 3.63) is 35.6 Å². The van der Waals surface area contributed by atoms with Gasteiger partial charge in [0.1, 0.15) is 11.3 Å². The van der Waals surface area contributed by atoms with Crippen LogP contribution in [0.15, 0.2) is 28.7 Å². The second-order valence-electron chi connectivity index (χ2n) is 5.71. The lowest BCUT2D eigenvalue weighted by atomic mass is 9.86. The van der Waals surface area contributed by atoms with E-state index in [0.29, 0.717) is 0 Å². The molecule has 1 saturated heterocycles. The van der Waals surface area contributed by atoms with Gasteiger partial charge in [-0.05, 0) is 18.9 Å². The molecule has 0 amide bonds. The first-order valence-corrected chi connectivity index (χ1v) is 6.98. The van der Waals surface area contributed by atoms with Gasteiger partial charge in [-0.1, -0.05) is 25.1 Å². The fourth-order valence-corrected chi connectivity index (χ4v) is 2.90. The molecule has 1 N–H and O–H groups in total. The van der Waals surface area contributed by atoms with Gasteiger partial charge in [0.2, 0.25) is 0 Å². The van der Waals surface area contributed by atoms with Gasteiger partial charge in [-0.15, -0.1) is 0 Å². The third-order valence-corrected chi connectivity index (χ3v) is 4.36. The van der Waals surface area contributed by atoms with Crippen LogP contribution in [-0.2, 0) is 11.3 Å². The van der Waals surface area contributed by atoms with Crippen molar-refractivity contribution in [1.29, 1.82) is 0 Å². The minimum absolute atomic E-state index is 0.256. The molecule has 1 unspecified atom stereocenters. The zero-order valence-electron chi connectivity index (χ0n) is 11.8. The van der Waals surface area contributed by atoms with Crippen molar-refractivity contribution in [1.82, 2.24) is 4.90 Å². The standard InChI is InChI=1S/C16H19NO3/c1-10(16(18)19)12-7-17(8-12)9-14-11(2)20-15-6-4-3-5-13(14)15/h3-6,10,12H,7-9H2,1-2H3,(H,18,19). The van der Waals surface area contributed by atoms with Crippen LogP contribution in [0.2, 0.25) is 0 Å². The Labute approximate surface area is 118 Å². The summed E-state index contributed by atoms with van der Waals surface area (Å²) in [6, 6.07) is 8.06. The molecule has 0 radical (unpaired) electrons. The maximum Gasteiger partial charge on any atom is 0.306 e. The summed E-state index contributed by atoms with van der Waals surface area (Å²) in [5.41, 5.74) is 2.15. The highest BCUT2D eigenvalue weighted by atomic mass is 16.4. The first-order chi connectivity index (χ1) is 9.56. The molecule has 1 fully saturated rings. The lowest BCUT2D eigenvalue weighted by molar-refractivity contribution is -0.145. The van der Waals surface area contributed by atoms with Gasteiger partial charge in [0, 0.05) is 30.6 Å². The number of fused-ring (bicyclic) bond motifs is 1. The molecule has 1 aromatic carbocycles. The van der Waals surface area contributed by atoms with Crippen LogP contribution in [0.1, 0.15) is 18.2 Å². The van der Waals surface area contributed by atoms with Crippen molar-refractivity contribution in [2.45, 2.75) is 20.4 Å². The number of hydrogen-bond acceptors (Lipinski definition) is 3. The zero-order valence-corrected chi connectivity index (χ0v) is 11.8.